The molecule has 0 unspecified atom stereocenters. The molecule has 1 saturated carbocycles. The van der Waals surface area contributed by atoms with E-state index in [1.165, 1.54) is 44.9 Å². The van der Waals surface area contributed by atoms with E-state index in [-0.39, 0.29) is 6.03 Å². The van der Waals surface area contributed by atoms with E-state index in [1.54, 1.807) is 0 Å². The molecule has 4 nitrogen and oxygen atoms in total. The lowest BCUT2D eigenvalue weighted by Crippen LogP contribution is -2.41. The third-order valence-electron chi connectivity index (χ3n) is 4.40. The van der Waals surface area contributed by atoms with Crippen LogP contribution >= 0.6 is 0 Å². The summed E-state index contributed by atoms with van der Waals surface area (Å²) in [7, 11) is 0. The van der Waals surface area contributed by atoms with Crippen molar-refractivity contribution in [2.24, 2.45) is 0 Å². The number of ether oxygens (including phenoxy) is 1. The van der Waals surface area contributed by atoms with Crippen LogP contribution in [-0.4, -0.2) is 43.3 Å². The summed E-state index contributed by atoms with van der Waals surface area (Å²) in [6.07, 6.45) is 12.7. The average molecular weight is 282 g/mol. The zero-order valence-corrected chi connectivity index (χ0v) is 12.7. The van der Waals surface area contributed by atoms with Crippen molar-refractivity contribution in [3.05, 3.63) is 0 Å². The highest BCUT2D eigenvalue weighted by Gasteiger charge is 2.15. The molecule has 0 atom stereocenters. The van der Waals surface area contributed by atoms with E-state index in [2.05, 4.69) is 5.32 Å². The third kappa shape index (κ3) is 5.70. The summed E-state index contributed by atoms with van der Waals surface area (Å²) in [5.74, 6) is 0. The summed E-state index contributed by atoms with van der Waals surface area (Å²) in [6.45, 7) is 3.36. The van der Waals surface area contributed by atoms with E-state index < -0.39 is 0 Å². The monoisotopic (exact) mass is 282 g/mol. The minimum atomic E-state index is 0.115. The van der Waals surface area contributed by atoms with Crippen LogP contribution in [-0.2, 0) is 4.74 Å². The Hall–Kier alpha value is -0.770. The first-order chi connectivity index (χ1) is 9.86. The van der Waals surface area contributed by atoms with Gasteiger partial charge in [0.15, 0.2) is 0 Å². The van der Waals surface area contributed by atoms with Crippen LogP contribution in [0.2, 0.25) is 0 Å². The molecule has 1 saturated heterocycles. The van der Waals surface area contributed by atoms with Crippen LogP contribution < -0.4 is 5.32 Å². The Kier molecular flexibility index (Phi) is 7.20. The summed E-state index contributed by atoms with van der Waals surface area (Å²) in [6, 6.07) is 0.115. The number of nitrogens with one attached hydrogen (secondary N) is 1. The van der Waals surface area contributed by atoms with E-state index in [9.17, 15) is 4.79 Å². The van der Waals surface area contributed by atoms with Gasteiger partial charge >= 0.3 is 6.03 Å². The van der Waals surface area contributed by atoms with Crippen molar-refractivity contribution in [2.45, 2.75) is 70.3 Å². The summed E-state index contributed by atoms with van der Waals surface area (Å²) in [5.41, 5.74) is 0. The summed E-state index contributed by atoms with van der Waals surface area (Å²) >= 11 is 0. The van der Waals surface area contributed by atoms with Gasteiger partial charge in [-0.25, -0.2) is 4.79 Å². The zero-order chi connectivity index (χ0) is 14.0. The standard InChI is InChI=1S/C16H30N2O2/c19-16(18-12-6-1-2-7-13-18)17-11-8-14-20-15-9-4-3-5-10-15/h15H,1-14H2,(H,17,19). The van der Waals surface area contributed by atoms with Crippen LogP contribution in [0.4, 0.5) is 4.79 Å². The molecule has 0 aromatic rings. The molecular formula is C16H30N2O2. The number of amides is 2. The Morgan fingerprint density at radius 1 is 1.00 bits per heavy atom. The molecule has 0 bridgehead atoms. The van der Waals surface area contributed by atoms with Crippen LogP contribution in [0.1, 0.15) is 64.2 Å². The van der Waals surface area contributed by atoms with Crippen LogP contribution in [0.25, 0.3) is 0 Å². The molecule has 2 fully saturated rings. The van der Waals surface area contributed by atoms with Gasteiger partial charge in [-0.1, -0.05) is 32.1 Å². The maximum absolute atomic E-state index is 12.0. The fourth-order valence-electron chi connectivity index (χ4n) is 3.13. The van der Waals surface area contributed by atoms with E-state index in [1.807, 2.05) is 4.90 Å². The van der Waals surface area contributed by atoms with Gasteiger partial charge in [0, 0.05) is 26.2 Å². The van der Waals surface area contributed by atoms with Gasteiger partial charge < -0.3 is 15.0 Å². The van der Waals surface area contributed by atoms with Crippen molar-refractivity contribution in [3.8, 4) is 0 Å². The molecule has 20 heavy (non-hydrogen) atoms. The van der Waals surface area contributed by atoms with Crippen molar-refractivity contribution in [1.82, 2.24) is 10.2 Å². The maximum Gasteiger partial charge on any atom is 0.317 e. The summed E-state index contributed by atoms with van der Waals surface area (Å²) in [4.78, 5) is 14.0. The fraction of sp³-hybridized carbons (Fsp3) is 0.938. The number of nitrogens with zero attached hydrogens (tertiary/aromatic N) is 1. The average Bonchev–Trinajstić information content (AvgIpc) is 2.77. The molecule has 0 radical (unpaired) electrons. The van der Waals surface area contributed by atoms with Crippen LogP contribution in [0, 0.1) is 0 Å². The van der Waals surface area contributed by atoms with Crippen molar-refractivity contribution >= 4 is 6.03 Å². The minimum absolute atomic E-state index is 0.115. The second kappa shape index (κ2) is 9.22. The molecule has 2 rings (SSSR count). The maximum atomic E-state index is 12.0. The Morgan fingerprint density at radius 3 is 2.35 bits per heavy atom. The smallest absolute Gasteiger partial charge is 0.317 e. The number of hydrogen-bond donors (Lipinski definition) is 1. The van der Waals surface area contributed by atoms with Crippen molar-refractivity contribution in [3.63, 3.8) is 0 Å². The highest BCUT2D eigenvalue weighted by atomic mass is 16.5. The summed E-state index contributed by atoms with van der Waals surface area (Å²) < 4.78 is 5.87. The number of rotatable bonds is 5. The van der Waals surface area contributed by atoms with E-state index in [0.717, 1.165) is 45.5 Å². The lowest BCUT2D eigenvalue weighted by molar-refractivity contribution is 0.0274. The quantitative estimate of drug-likeness (QED) is 0.786. The first-order valence-electron chi connectivity index (χ1n) is 8.50. The molecule has 116 valence electrons. The molecule has 1 aliphatic carbocycles. The number of likely N-dealkylation sites (tertiary alicyclic amines) is 1. The first kappa shape index (κ1) is 15.6. The molecule has 0 aromatic heterocycles. The lowest BCUT2D eigenvalue weighted by atomic mass is 9.98. The lowest BCUT2D eigenvalue weighted by Gasteiger charge is -2.23. The Morgan fingerprint density at radius 2 is 1.65 bits per heavy atom. The Labute approximate surface area is 123 Å². The molecule has 0 aromatic carbocycles. The number of urea groups is 1. The first-order valence-corrected chi connectivity index (χ1v) is 8.50. The highest BCUT2D eigenvalue weighted by Crippen LogP contribution is 2.20. The van der Waals surface area contributed by atoms with Crippen LogP contribution in [0.5, 0.6) is 0 Å². The zero-order valence-electron chi connectivity index (χ0n) is 12.7. The molecule has 1 heterocycles. The number of carbonyl (C=O) groups excluding carboxylic acids is 1. The molecular weight excluding hydrogens is 252 g/mol. The van der Waals surface area contributed by atoms with Gasteiger partial charge in [-0.2, -0.15) is 0 Å². The predicted octanol–water partition coefficient (Wildman–Crippen LogP) is 3.31. The van der Waals surface area contributed by atoms with Crippen LogP contribution in [0.15, 0.2) is 0 Å². The van der Waals surface area contributed by atoms with Gasteiger partial charge in [-0.05, 0) is 32.1 Å². The fourth-order valence-corrected chi connectivity index (χ4v) is 3.13. The highest BCUT2D eigenvalue weighted by molar-refractivity contribution is 5.74. The molecule has 2 aliphatic rings. The van der Waals surface area contributed by atoms with E-state index in [0.29, 0.717) is 6.10 Å². The molecule has 4 heteroatoms. The molecule has 2 amide bonds. The normalized spacial score (nSPS) is 21.5. The predicted molar refractivity (Wildman–Crippen MR) is 80.9 cm³/mol. The van der Waals surface area contributed by atoms with Crippen LogP contribution in [0.3, 0.4) is 0 Å². The minimum Gasteiger partial charge on any atom is -0.378 e. The van der Waals surface area contributed by atoms with Crippen molar-refractivity contribution in [2.75, 3.05) is 26.2 Å². The molecule has 1 N–H and O–H groups in total. The van der Waals surface area contributed by atoms with Crippen molar-refractivity contribution < 1.29 is 9.53 Å². The molecule has 0 spiro atoms. The van der Waals surface area contributed by atoms with E-state index >= 15 is 0 Å². The van der Waals surface area contributed by atoms with Crippen molar-refractivity contribution in [1.29, 1.82) is 0 Å². The Balaban J connectivity index is 1.50. The number of hydrogen-bond acceptors (Lipinski definition) is 2. The topological polar surface area (TPSA) is 41.6 Å². The second-order valence-corrected chi connectivity index (χ2v) is 6.12. The summed E-state index contributed by atoms with van der Waals surface area (Å²) in [5, 5.41) is 3.02. The van der Waals surface area contributed by atoms with Gasteiger partial charge in [0.1, 0.15) is 0 Å². The van der Waals surface area contributed by atoms with Gasteiger partial charge in [-0.15, -0.1) is 0 Å². The SMILES string of the molecule is O=C(NCCCOC1CCCCC1)N1CCCCCC1. The largest absolute Gasteiger partial charge is 0.378 e. The van der Waals surface area contributed by atoms with E-state index in [4.69, 9.17) is 4.74 Å². The Bertz CT molecular complexity index is 270. The van der Waals surface area contributed by atoms with Gasteiger partial charge in [0.25, 0.3) is 0 Å². The third-order valence-corrected chi connectivity index (χ3v) is 4.40. The van der Waals surface area contributed by atoms with Gasteiger partial charge in [0.05, 0.1) is 6.10 Å². The second-order valence-electron chi connectivity index (χ2n) is 6.12. The van der Waals surface area contributed by atoms with Gasteiger partial charge in [0.2, 0.25) is 0 Å². The molecule has 1 aliphatic heterocycles. The number of carbonyl (C=O) groups is 1. The van der Waals surface area contributed by atoms with Gasteiger partial charge in [-0.3, -0.25) is 0 Å².